The van der Waals surface area contributed by atoms with E-state index in [1.54, 1.807) is 24.3 Å². The maximum Gasteiger partial charge on any atom is 0.417 e. The van der Waals surface area contributed by atoms with E-state index in [4.69, 9.17) is 16.9 Å². The first-order valence-corrected chi connectivity index (χ1v) is 9.39. The highest BCUT2D eigenvalue weighted by molar-refractivity contribution is 6.31. The van der Waals surface area contributed by atoms with Crippen molar-refractivity contribution in [3.63, 3.8) is 0 Å². The molecule has 10 heteroatoms. The van der Waals surface area contributed by atoms with Crippen molar-refractivity contribution in [3.05, 3.63) is 88.2 Å². The number of carbonyl (C=O) groups excluding carboxylic acids is 1. The molecule has 0 aliphatic carbocycles. The van der Waals surface area contributed by atoms with Crippen molar-refractivity contribution in [1.82, 2.24) is 10.3 Å². The summed E-state index contributed by atoms with van der Waals surface area (Å²) in [6.07, 6.45) is -3.67. The number of rotatable bonds is 5. The second-order valence-corrected chi connectivity index (χ2v) is 7.08. The number of nitrogens with one attached hydrogen (secondary N) is 1. The lowest BCUT2D eigenvalue weighted by Crippen LogP contribution is -2.36. The average molecular weight is 466 g/mol. The van der Waals surface area contributed by atoms with Gasteiger partial charge in [-0.05, 0) is 35.9 Å². The number of pyridine rings is 1. The normalized spacial score (nSPS) is 11.7. The number of halogens is 6. The van der Waals surface area contributed by atoms with E-state index >= 15 is 0 Å². The molecule has 1 N–H and O–H groups in total. The van der Waals surface area contributed by atoms with Gasteiger partial charge in [-0.3, -0.25) is 9.78 Å². The molecule has 1 heterocycles. The first kappa shape index (κ1) is 23.2. The molecule has 0 saturated heterocycles. The number of benzene rings is 2. The average Bonchev–Trinajstić information content (AvgIpc) is 2.76. The summed E-state index contributed by atoms with van der Waals surface area (Å²) >= 11 is 5.98. The number of aromatic nitrogens is 1. The molecular weight excluding hydrogens is 453 g/mol. The molecule has 0 bridgehead atoms. The Hall–Kier alpha value is -3.51. The van der Waals surface area contributed by atoms with E-state index in [-0.39, 0.29) is 5.02 Å². The maximum absolute atomic E-state index is 14.6. The van der Waals surface area contributed by atoms with E-state index in [0.717, 1.165) is 18.3 Å². The molecule has 1 amide bonds. The Morgan fingerprint density at radius 1 is 1.03 bits per heavy atom. The summed E-state index contributed by atoms with van der Waals surface area (Å²) in [4.78, 5) is 15.8. The Labute approximate surface area is 184 Å². The van der Waals surface area contributed by atoms with Crippen LogP contribution in [-0.4, -0.2) is 17.4 Å². The van der Waals surface area contributed by atoms with Gasteiger partial charge in [0.1, 0.15) is 5.69 Å². The predicted octanol–water partition coefficient (Wildman–Crippen LogP) is 5.81. The molecule has 0 aliphatic heterocycles. The van der Waals surface area contributed by atoms with Gasteiger partial charge in [-0.25, -0.2) is 0 Å². The quantitative estimate of drug-likeness (QED) is 0.483. The van der Waals surface area contributed by atoms with E-state index in [2.05, 4.69) is 4.98 Å². The molecule has 1 aromatic heterocycles. The van der Waals surface area contributed by atoms with Crippen molar-refractivity contribution in [2.45, 2.75) is 12.1 Å². The van der Waals surface area contributed by atoms with E-state index in [1.807, 2.05) is 11.4 Å². The highest BCUT2D eigenvalue weighted by atomic mass is 35.5. The van der Waals surface area contributed by atoms with Crippen LogP contribution in [-0.2, 0) is 12.1 Å². The topological polar surface area (TPSA) is 65.8 Å². The number of carbonyl (C=O) groups is 1. The first-order valence-electron chi connectivity index (χ1n) is 9.02. The standard InChI is InChI=1S/C22H13ClF5N3O/c23-18-9-15(14-7-5-13(10-29)6-8-14)11-30-19(18)21(24,25)12-31-20(32)16-3-1-2-4-17(16)22(26,27)28/h1-9,11H,12H2,(H,31,32). The Morgan fingerprint density at radius 3 is 2.28 bits per heavy atom. The molecule has 0 unspecified atom stereocenters. The second-order valence-electron chi connectivity index (χ2n) is 6.67. The van der Waals surface area contributed by atoms with Crippen molar-refractivity contribution >= 4 is 17.5 Å². The van der Waals surface area contributed by atoms with Crippen LogP contribution < -0.4 is 5.32 Å². The van der Waals surface area contributed by atoms with Crippen LogP contribution in [0, 0.1) is 11.3 Å². The van der Waals surface area contributed by atoms with E-state index in [1.165, 1.54) is 12.1 Å². The summed E-state index contributed by atoms with van der Waals surface area (Å²) in [5.41, 5.74) is -1.41. The lowest BCUT2D eigenvalue weighted by molar-refractivity contribution is -0.137. The van der Waals surface area contributed by atoms with Crippen LogP contribution in [0.15, 0.2) is 60.8 Å². The number of hydrogen-bond donors (Lipinski definition) is 1. The third kappa shape index (κ3) is 5.03. The van der Waals surface area contributed by atoms with Crippen molar-refractivity contribution in [1.29, 1.82) is 5.26 Å². The van der Waals surface area contributed by atoms with Crippen LogP contribution in [0.3, 0.4) is 0 Å². The zero-order valence-corrected chi connectivity index (χ0v) is 16.8. The lowest BCUT2D eigenvalue weighted by atomic mass is 10.0. The minimum absolute atomic E-state index is 0.387. The fourth-order valence-corrected chi connectivity index (χ4v) is 3.21. The Kier molecular flexibility index (Phi) is 6.46. The number of nitrogens with zero attached hydrogens (tertiary/aromatic N) is 2. The molecule has 0 spiro atoms. The molecule has 3 rings (SSSR count). The summed E-state index contributed by atoms with van der Waals surface area (Å²) in [7, 11) is 0. The highest BCUT2D eigenvalue weighted by Gasteiger charge is 2.38. The van der Waals surface area contributed by atoms with Crippen molar-refractivity contribution < 1.29 is 26.7 Å². The van der Waals surface area contributed by atoms with Crippen LogP contribution in [0.1, 0.15) is 27.2 Å². The highest BCUT2D eigenvalue weighted by Crippen LogP contribution is 2.35. The molecular formula is C22H13ClF5N3O. The summed E-state index contributed by atoms with van der Waals surface area (Å²) in [6.45, 7) is -1.30. The largest absolute Gasteiger partial charge is 0.417 e. The fourth-order valence-electron chi connectivity index (χ4n) is 2.90. The number of nitriles is 1. The van der Waals surface area contributed by atoms with Gasteiger partial charge in [-0.2, -0.15) is 27.2 Å². The SMILES string of the molecule is N#Cc1ccc(-c2cnc(C(F)(F)CNC(=O)c3ccccc3C(F)(F)F)c(Cl)c2)cc1. The molecule has 0 radical (unpaired) electrons. The van der Waals surface area contributed by atoms with Crippen molar-refractivity contribution in [3.8, 4) is 17.2 Å². The van der Waals surface area contributed by atoms with Gasteiger partial charge in [-0.15, -0.1) is 0 Å². The molecule has 0 saturated carbocycles. The molecule has 164 valence electrons. The summed E-state index contributed by atoms with van der Waals surface area (Å²) in [5.74, 6) is -5.05. The minimum atomic E-state index is -4.82. The summed E-state index contributed by atoms with van der Waals surface area (Å²) < 4.78 is 68.4. The van der Waals surface area contributed by atoms with Gasteiger partial charge < -0.3 is 5.32 Å². The van der Waals surface area contributed by atoms with Gasteiger partial charge in [-0.1, -0.05) is 35.9 Å². The van der Waals surface area contributed by atoms with Crippen molar-refractivity contribution in [2.24, 2.45) is 0 Å². The molecule has 0 fully saturated rings. The molecule has 0 atom stereocenters. The van der Waals surface area contributed by atoms with Gasteiger partial charge in [0.05, 0.1) is 34.3 Å². The fraction of sp³-hybridized carbons (Fsp3) is 0.136. The van der Waals surface area contributed by atoms with Crippen molar-refractivity contribution in [2.75, 3.05) is 6.54 Å². The van der Waals surface area contributed by atoms with Crippen LogP contribution in [0.2, 0.25) is 5.02 Å². The predicted molar refractivity (Wildman–Crippen MR) is 107 cm³/mol. The maximum atomic E-state index is 14.6. The Morgan fingerprint density at radius 2 is 1.69 bits per heavy atom. The van der Waals surface area contributed by atoms with Gasteiger partial charge >= 0.3 is 12.1 Å². The summed E-state index contributed by atoms with van der Waals surface area (Å²) in [5, 5.41) is 10.3. The zero-order valence-electron chi connectivity index (χ0n) is 16.1. The molecule has 2 aromatic carbocycles. The Balaban J connectivity index is 1.78. The van der Waals surface area contributed by atoms with Crippen LogP contribution >= 0.6 is 11.6 Å². The number of amides is 1. The van der Waals surface area contributed by atoms with E-state index in [0.29, 0.717) is 22.8 Å². The zero-order chi connectivity index (χ0) is 23.5. The van der Waals surface area contributed by atoms with E-state index in [9.17, 15) is 26.7 Å². The van der Waals surface area contributed by atoms with E-state index < -0.39 is 41.4 Å². The van der Waals surface area contributed by atoms with Gasteiger partial charge in [0.15, 0.2) is 0 Å². The first-order chi connectivity index (χ1) is 15.0. The third-order valence-electron chi connectivity index (χ3n) is 4.48. The van der Waals surface area contributed by atoms with Crippen LogP contribution in [0.25, 0.3) is 11.1 Å². The molecule has 0 aliphatic rings. The summed E-state index contributed by atoms with van der Waals surface area (Å²) in [6, 6.07) is 13.4. The lowest BCUT2D eigenvalue weighted by Gasteiger charge is -2.19. The third-order valence-corrected chi connectivity index (χ3v) is 4.77. The monoisotopic (exact) mass is 465 g/mol. The molecule has 4 nitrogen and oxygen atoms in total. The Bertz CT molecular complexity index is 1190. The second kappa shape index (κ2) is 8.93. The molecule has 3 aromatic rings. The van der Waals surface area contributed by atoms with Crippen LogP contribution in [0.4, 0.5) is 22.0 Å². The smallest absolute Gasteiger partial charge is 0.346 e. The number of hydrogen-bond acceptors (Lipinski definition) is 3. The van der Waals surface area contributed by atoms with Gasteiger partial charge in [0.2, 0.25) is 0 Å². The molecule has 32 heavy (non-hydrogen) atoms. The van der Waals surface area contributed by atoms with Crippen LogP contribution in [0.5, 0.6) is 0 Å². The number of alkyl halides is 5. The van der Waals surface area contributed by atoms with Gasteiger partial charge in [0, 0.05) is 11.8 Å². The minimum Gasteiger partial charge on any atom is -0.346 e. The van der Waals surface area contributed by atoms with Gasteiger partial charge in [0.25, 0.3) is 5.91 Å².